The normalized spacial score (nSPS) is 10.2. The summed E-state index contributed by atoms with van der Waals surface area (Å²) in [5.74, 6) is 1.34. The lowest BCUT2D eigenvalue weighted by Crippen LogP contribution is -2.32. The first kappa shape index (κ1) is 17.3. The average Bonchev–Trinajstić information content (AvgIpc) is 2.72. The maximum absolute atomic E-state index is 12.4. The smallest absolute Gasteiger partial charge is 0.246 e. The van der Waals surface area contributed by atoms with Crippen molar-refractivity contribution in [2.24, 2.45) is 0 Å². The number of anilines is 2. The van der Waals surface area contributed by atoms with Crippen molar-refractivity contribution in [1.29, 1.82) is 0 Å². The van der Waals surface area contributed by atoms with Crippen molar-refractivity contribution in [1.82, 2.24) is 15.0 Å². The lowest BCUT2D eigenvalue weighted by Gasteiger charge is -2.18. The maximum atomic E-state index is 12.4. The number of carbonyl (C=O) groups excluding carboxylic acids is 1. The summed E-state index contributed by atoms with van der Waals surface area (Å²) in [7, 11) is 3.28. The summed E-state index contributed by atoms with van der Waals surface area (Å²) < 4.78 is 5.24. The lowest BCUT2D eigenvalue weighted by atomic mass is 10.2. The number of pyridine rings is 1. The largest absolute Gasteiger partial charge is 0.481 e. The van der Waals surface area contributed by atoms with Gasteiger partial charge in [-0.25, -0.2) is 4.98 Å². The standard InChI is InChI=1S/C19H19N5O2/c1-24(15-6-4-3-5-7-15)18(25)13-21-16-12-17(26-2)23-19(22-16)14-8-10-20-11-9-14/h3-12H,13H2,1-2H3,(H,21,22,23). The topological polar surface area (TPSA) is 80.2 Å². The maximum Gasteiger partial charge on any atom is 0.246 e. The second-order valence-corrected chi connectivity index (χ2v) is 5.50. The van der Waals surface area contributed by atoms with Crippen LogP contribution in [0.4, 0.5) is 11.5 Å². The van der Waals surface area contributed by atoms with E-state index >= 15 is 0 Å². The Morgan fingerprint density at radius 3 is 2.54 bits per heavy atom. The number of rotatable bonds is 6. The molecule has 0 atom stereocenters. The van der Waals surface area contributed by atoms with E-state index in [1.807, 2.05) is 42.5 Å². The van der Waals surface area contributed by atoms with Crippen LogP contribution in [0.25, 0.3) is 11.4 Å². The van der Waals surface area contributed by atoms with E-state index in [-0.39, 0.29) is 12.5 Å². The summed E-state index contributed by atoms with van der Waals surface area (Å²) in [6.45, 7) is 0.0986. The number of aromatic nitrogens is 3. The van der Waals surface area contributed by atoms with E-state index in [9.17, 15) is 4.79 Å². The summed E-state index contributed by atoms with van der Waals surface area (Å²) in [5, 5.41) is 3.04. The number of hydrogen-bond donors (Lipinski definition) is 1. The van der Waals surface area contributed by atoms with Gasteiger partial charge in [-0.2, -0.15) is 4.98 Å². The molecule has 0 radical (unpaired) electrons. The lowest BCUT2D eigenvalue weighted by molar-refractivity contribution is -0.116. The first-order valence-electron chi connectivity index (χ1n) is 8.06. The van der Waals surface area contributed by atoms with Crippen LogP contribution in [-0.4, -0.2) is 41.6 Å². The number of methoxy groups -OCH3 is 1. The highest BCUT2D eigenvalue weighted by Crippen LogP contribution is 2.20. The third-order valence-corrected chi connectivity index (χ3v) is 3.79. The molecule has 0 aliphatic carbocycles. The highest BCUT2D eigenvalue weighted by molar-refractivity contribution is 5.95. The molecule has 3 aromatic rings. The van der Waals surface area contributed by atoms with Gasteiger partial charge >= 0.3 is 0 Å². The quantitative estimate of drug-likeness (QED) is 0.737. The zero-order valence-corrected chi connectivity index (χ0v) is 14.6. The molecule has 7 heteroatoms. The summed E-state index contributed by atoms with van der Waals surface area (Å²) in [5.41, 5.74) is 1.65. The number of hydrogen-bond acceptors (Lipinski definition) is 6. The van der Waals surface area contributed by atoms with Crippen LogP contribution < -0.4 is 15.0 Å². The number of benzene rings is 1. The third-order valence-electron chi connectivity index (χ3n) is 3.79. The van der Waals surface area contributed by atoms with Crippen LogP contribution in [-0.2, 0) is 4.79 Å². The highest BCUT2D eigenvalue weighted by atomic mass is 16.5. The van der Waals surface area contributed by atoms with Crippen LogP contribution in [0.15, 0.2) is 60.9 Å². The van der Waals surface area contributed by atoms with E-state index in [0.29, 0.717) is 17.5 Å². The average molecular weight is 349 g/mol. The van der Waals surface area contributed by atoms with Crippen molar-refractivity contribution in [2.75, 3.05) is 30.9 Å². The molecular weight excluding hydrogens is 330 g/mol. The second-order valence-electron chi connectivity index (χ2n) is 5.50. The molecule has 0 saturated heterocycles. The fraction of sp³-hybridized carbons (Fsp3) is 0.158. The Morgan fingerprint density at radius 2 is 1.85 bits per heavy atom. The Bertz CT molecular complexity index is 872. The Labute approximate surface area is 151 Å². The number of amides is 1. The van der Waals surface area contributed by atoms with Crippen LogP contribution in [0, 0.1) is 0 Å². The summed E-state index contributed by atoms with van der Waals surface area (Å²) in [6.07, 6.45) is 3.34. The van der Waals surface area contributed by atoms with Gasteiger partial charge in [-0.15, -0.1) is 0 Å². The number of ether oxygens (including phenoxy) is 1. The van der Waals surface area contributed by atoms with Crippen LogP contribution in [0.3, 0.4) is 0 Å². The zero-order chi connectivity index (χ0) is 18.4. The van der Waals surface area contributed by atoms with Crippen molar-refractivity contribution in [3.05, 3.63) is 60.9 Å². The molecule has 0 spiro atoms. The number of carbonyl (C=O) groups is 1. The molecule has 1 N–H and O–H groups in total. The number of nitrogens with zero attached hydrogens (tertiary/aromatic N) is 4. The summed E-state index contributed by atoms with van der Waals surface area (Å²) >= 11 is 0. The van der Waals surface area contributed by atoms with Gasteiger partial charge in [0.1, 0.15) is 5.82 Å². The molecule has 0 fully saturated rings. The van der Waals surface area contributed by atoms with Crippen LogP contribution in [0.2, 0.25) is 0 Å². The van der Waals surface area contributed by atoms with E-state index in [0.717, 1.165) is 11.3 Å². The zero-order valence-electron chi connectivity index (χ0n) is 14.6. The van der Waals surface area contributed by atoms with E-state index in [2.05, 4.69) is 20.3 Å². The molecule has 26 heavy (non-hydrogen) atoms. The highest BCUT2D eigenvalue weighted by Gasteiger charge is 2.12. The minimum absolute atomic E-state index is 0.0840. The van der Waals surface area contributed by atoms with Gasteiger partial charge in [0, 0.05) is 36.8 Å². The van der Waals surface area contributed by atoms with Gasteiger partial charge in [-0.1, -0.05) is 18.2 Å². The number of likely N-dealkylation sites (N-methyl/N-ethyl adjacent to an activating group) is 1. The van der Waals surface area contributed by atoms with Gasteiger partial charge in [0.25, 0.3) is 0 Å². The predicted molar refractivity (Wildman–Crippen MR) is 100 cm³/mol. The third kappa shape index (κ3) is 4.13. The first-order valence-corrected chi connectivity index (χ1v) is 8.06. The van der Waals surface area contributed by atoms with E-state index < -0.39 is 0 Å². The van der Waals surface area contributed by atoms with Gasteiger partial charge in [0.15, 0.2) is 5.82 Å². The van der Waals surface area contributed by atoms with Crippen molar-refractivity contribution in [3.8, 4) is 17.3 Å². The number of nitrogens with one attached hydrogen (secondary N) is 1. The minimum Gasteiger partial charge on any atom is -0.481 e. The molecule has 0 saturated carbocycles. The molecule has 3 rings (SSSR count). The Kier molecular flexibility index (Phi) is 5.38. The molecule has 0 bridgehead atoms. The van der Waals surface area contributed by atoms with Gasteiger partial charge in [-0.05, 0) is 24.3 Å². The predicted octanol–water partition coefficient (Wildman–Crippen LogP) is 2.62. The molecule has 0 aliphatic rings. The Morgan fingerprint density at radius 1 is 1.12 bits per heavy atom. The van der Waals surface area contributed by atoms with Crippen molar-refractivity contribution in [2.45, 2.75) is 0 Å². The Hall–Kier alpha value is -3.48. The molecule has 0 unspecified atom stereocenters. The van der Waals surface area contributed by atoms with E-state index in [1.54, 1.807) is 30.4 Å². The molecule has 7 nitrogen and oxygen atoms in total. The van der Waals surface area contributed by atoms with Crippen molar-refractivity contribution >= 4 is 17.4 Å². The molecule has 1 aromatic carbocycles. The van der Waals surface area contributed by atoms with Crippen LogP contribution in [0.5, 0.6) is 5.88 Å². The summed E-state index contributed by atoms with van der Waals surface area (Å²) in [6, 6.07) is 14.7. The first-order chi connectivity index (χ1) is 12.7. The fourth-order valence-electron chi connectivity index (χ4n) is 2.33. The SMILES string of the molecule is COc1cc(NCC(=O)N(C)c2ccccc2)nc(-c2ccncc2)n1. The van der Waals surface area contributed by atoms with Crippen molar-refractivity contribution in [3.63, 3.8) is 0 Å². The Balaban J connectivity index is 1.74. The van der Waals surface area contributed by atoms with Gasteiger partial charge in [0.05, 0.1) is 13.7 Å². The van der Waals surface area contributed by atoms with E-state index in [4.69, 9.17) is 4.74 Å². The molecule has 2 aromatic heterocycles. The van der Waals surface area contributed by atoms with E-state index in [1.165, 1.54) is 7.11 Å². The molecule has 1 amide bonds. The van der Waals surface area contributed by atoms with Crippen LogP contribution >= 0.6 is 0 Å². The molecule has 2 heterocycles. The minimum atomic E-state index is -0.0840. The van der Waals surface area contributed by atoms with Crippen LogP contribution in [0.1, 0.15) is 0 Å². The van der Waals surface area contributed by atoms with Gasteiger partial charge in [-0.3, -0.25) is 9.78 Å². The van der Waals surface area contributed by atoms with Gasteiger partial charge < -0.3 is 15.0 Å². The second kappa shape index (κ2) is 8.06. The molecule has 132 valence electrons. The molecule has 0 aliphatic heterocycles. The summed E-state index contributed by atoms with van der Waals surface area (Å²) in [4.78, 5) is 26.8. The fourth-order valence-corrected chi connectivity index (χ4v) is 2.33. The monoisotopic (exact) mass is 349 g/mol. The van der Waals surface area contributed by atoms with Crippen molar-refractivity contribution < 1.29 is 9.53 Å². The number of para-hydroxylation sites is 1. The van der Waals surface area contributed by atoms with Gasteiger partial charge in [0.2, 0.25) is 11.8 Å². The molecular formula is C19H19N5O2.